The van der Waals surface area contributed by atoms with Gasteiger partial charge in [-0.2, -0.15) is 0 Å². The molecular weight excluding hydrogens is 244 g/mol. The Morgan fingerprint density at radius 3 is 1.79 bits per heavy atom. The topological polar surface area (TPSA) is 52.6 Å². The second kappa shape index (κ2) is 9.82. The first-order valence-corrected chi connectivity index (χ1v) is 7.15. The average Bonchev–Trinajstić information content (AvgIpc) is 2.27. The van der Waals surface area contributed by atoms with Gasteiger partial charge in [-0.05, 0) is 24.7 Å². The fourth-order valence-corrected chi connectivity index (χ4v) is 1.34. The highest BCUT2D eigenvalue weighted by Gasteiger charge is 2.19. The van der Waals surface area contributed by atoms with Crippen molar-refractivity contribution in [1.82, 2.24) is 0 Å². The van der Waals surface area contributed by atoms with Crippen LogP contribution in [0.1, 0.15) is 53.9 Å². The molecule has 1 unspecified atom stereocenters. The summed E-state index contributed by atoms with van der Waals surface area (Å²) < 4.78 is 10.2. The van der Waals surface area contributed by atoms with Crippen molar-refractivity contribution in [3.63, 3.8) is 0 Å². The van der Waals surface area contributed by atoms with Gasteiger partial charge in [-0.3, -0.25) is 9.59 Å². The van der Waals surface area contributed by atoms with E-state index in [-0.39, 0.29) is 18.4 Å². The summed E-state index contributed by atoms with van der Waals surface area (Å²) in [6, 6.07) is 0. The molecule has 1 atom stereocenters. The average molecular weight is 272 g/mol. The smallest absolute Gasteiger partial charge is 0.309 e. The normalized spacial score (nSPS) is 12.6. The predicted octanol–water partition coefficient (Wildman–Crippen LogP) is 3.19. The Morgan fingerprint density at radius 1 is 0.842 bits per heavy atom. The van der Waals surface area contributed by atoms with Crippen LogP contribution < -0.4 is 0 Å². The molecule has 0 N–H and O–H groups in total. The molecule has 4 heteroatoms. The number of esters is 2. The molecule has 0 amide bonds. The van der Waals surface area contributed by atoms with Crippen LogP contribution in [0.25, 0.3) is 0 Å². The van der Waals surface area contributed by atoms with E-state index in [2.05, 4.69) is 27.7 Å². The van der Waals surface area contributed by atoms with Crippen molar-refractivity contribution >= 4 is 11.9 Å². The van der Waals surface area contributed by atoms with E-state index in [9.17, 15) is 9.59 Å². The van der Waals surface area contributed by atoms with Crippen molar-refractivity contribution in [3.8, 4) is 0 Å². The van der Waals surface area contributed by atoms with Gasteiger partial charge in [-0.1, -0.05) is 34.6 Å². The lowest BCUT2D eigenvalue weighted by Gasteiger charge is -2.12. The maximum atomic E-state index is 11.6. The van der Waals surface area contributed by atoms with Gasteiger partial charge in [0.2, 0.25) is 0 Å². The number of carbonyl (C=O) groups is 2. The summed E-state index contributed by atoms with van der Waals surface area (Å²) in [5, 5.41) is 0. The zero-order chi connectivity index (χ0) is 14.8. The Hall–Kier alpha value is -1.06. The Labute approximate surface area is 116 Å². The molecule has 0 saturated carbocycles. The van der Waals surface area contributed by atoms with Crippen molar-refractivity contribution < 1.29 is 19.1 Å². The van der Waals surface area contributed by atoms with Gasteiger partial charge < -0.3 is 9.47 Å². The Morgan fingerprint density at radius 2 is 1.32 bits per heavy atom. The quantitative estimate of drug-likeness (QED) is 0.605. The first kappa shape index (κ1) is 17.9. The molecule has 0 aromatic rings. The van der Waals surface area contributed by atoms with Crippen molar-refractivity contribution in [2.24, 2.45) is 17.8 Å². The molecule has 0 aromatic heterocycles. The summed E-state index contributed by atoms with van der Waals surface area (Å²) in [6.07, 6.45) is 1.79. The van der Waals surface area contributed by atoms with Gasteiger partial charge in [0.15, 0.2) is 0 Å². The maximum Gasteiger partial charge on any atom is 0.309 e. The Balaban J connectivity index is 3.78. The summed E-state index contributed by atoms with van der Waals surface area (Å²) in [6.45, 7) is 10.8. The fourth-order valence-electron chi connectivity index (χ4n) is 1.34. The molecule has 0 spiro atoms. The monoisotopic (exact) mass is 272 g/mol. The third-order valence-corrected chi connectivity index (χ3v) is 2.77. The van der Waals surface area contributed by atoms with Gasteiger partial charge in [0, 0.05) is 0 Å². The Bertz CT molecular complexity index is 271. The summed E-state index contributed by atoms with van der Waals surface area (Å²) >= 11 is 0. The van der Waals surface area contributed by atoms with E-state index in [1.54, 1.807) is 6.92 Å². The molecular formula is C15H28O4. The number of rotatable bonds is 9. The molecule has 0 aliphatic rings. The number of carbonyl (C=O) groups excluding carboxylic acids is 2. The first-order valence-electron chi connectivity index (χ1n) is 7.15. The van der Waals surface area contributed by atoms with E-state index < -0.39 is 5.92 Å². The predicted molar refractivity (Wildman–Crippen MR) is 74.6 cm³/mol. The van der Waals surface area contributed by atoms with Crippen molar-refractivity contribution in [2.75, 3.05) is 13.2 Å². The van der Waals surface area contributed by atoms with E-state index in [0.29, 0.717) is 25.0 Å². The van der Waals surface area contributed by atoms with Gasteiger partial charge in [0.1, 0.15) is 0 Å². The highest BCUT2D eigenvalue weighted by Crippen LogP contribution is 2.09. The van der Waals surface area contributed by atoms with E-state index >= 15 is 0 Å². The molecule has 0 saturated heterocycles. The van der Waals surface area contributed by atoms with Crippen LogP contribution in [0.2, 0.25) is 0 Å². The van der Waals surface area contributed by atoms with E-state index in [4.69, 9.17) is 9.47 Å². The van der Waals surface area contributed by atoms with Crippen molar-refractivity contribution in [1.29, 1.82) is 0 Å². The van der Waals surface area contributed by atoms with Crippen LogP contribution in [-0.4, -0.2) is 25.2 Å². The molecule has 0 aliphatic carbocycles. The summed E-state index contributed by atoms with van der Waals surface area (Å²) in [7, 11) is 0. The lowest BCUT2D eigenvalue weighted by Crippen LogP contribution is -2.20. The third-order valence-electron chi connectivity index (χ3n) is 2.77. The van der Waals surface area contributed by atoms with Crippen LogP contribution in [0, 0.1) is 17.8 Å². The first-order chi connectivity index (χ1) is 8.82. The summed E-state index contributed by atoms with van der Waals surface area (Å²) in [5.41, 5.74) is 0. The van der Waals surface area contributed by atoms with Gasteiger partial charge >= 0.3 is 11.9 Å². The molecule has 112 valence electrons. The Kier molecular flexibility index (Phi) is 9.27. The summed E-state index contributed by atoms with van der Waals surface area (Å²) in [4.78, 5) is 23.1. The highest BCUT2D eigenvalue weighted by atomic mass is 16.5. The van der Waals surface area contributed by atoms with Crippen LogP contribution in [0.3, 0.4) is 0 Å². The van der Waals surface area contributed by atoms with Crippen LogP contribution in [0.15, 0.2) is 0 Å². The number of hydrogen-bond acceptors (Lipinski definition) is 4. The zero-order valence-corrected chi connectivity index (χ0v) is 12.9. The fraction of sp³-hybridized carbons (Fsp3) is 0.867. The van der Waals surface area contributed by atoms with E-state index in [0.717, 1.165) is 12.8 Å². The number of hydrogen-bond donors (Lipinski definition) is 0. The van der Waals surface area contributed by atoms with Gasteiger partial charge in [-0.25, -0.2) is 0 Å². The minimum Gasteiger partial charge on any atom is -0.466 e. The van der Waals surface area contributed by atoms with Gasteiger partial charge in [-0.15, -0.1) is 0 Å². The molecule has 0 aromatic carbocycles. The molecule has 0 rings (SSSR count). The molecule has 0 radical (unpaired) electrons. The lowest BCUT2D eigenvalue weighted by molar-refractivity contribution is -0.154. The molecule has 0 aliphatic heterocycles. The molecule has 19 heavy (non-hydrogen) atoms. The standard InChI is InChI=1S/C15H28O4/c1-11(2)6-8-18-14(16)10-13(5)15(17)19-9-7-12(3)4/h11-13H,6-10H2,1-5H3. The summed E-state index contributed by atoms with van der Waals surface area (Å²) in [5.74, 6) is -0.0653. The third kappa shape index (κ3) is 10.5. The van der Waals surface area contributed by atoms with Crippen molar-refractivity contribution in [2.45, 2.75) is 53.9 Å². The molecule has 0 bridgehead atoms. The molecule has 4 nitrogen and oxygen atoms in total. The maximum absolute atomic E-state index is 11.6. The van der Waals surface area contributed by atoms with Crippen LogP contribution in [0.5, 0.6) is 0 Å². The SMILES string of the molecule is CC(C)CCOC(=O)CC(C)C(=O)OCCC(C)C. The van der Waals surface area contributed by atoms with Gasteiger partial charge in [0.05, 0.1) is 25.6 Å². The molecule has 0 fully saturated rings. The second-order valence-electron chi connectivity index (χ2n) is 5.86. The minimum absolute atomic E-state index is 0.0958. The van der Waals surface area contributed by atoms with Crippen LogP contribution in [0.4, 0.5) is 0 Å². The zero-order valence-electron chi connectivity index (χ0n) is 12.9. The number of ether oxygens (including phenoxy) is 2. The highest BCUT2D eigenvalue weighted by molar-refractivity contribution is 5.79. The van der Waals surface area contributed by atoms with Crippen LogP contribution >= 0.6 is 0 Å². The minimum atomic E-state index is -0.432. The van der Waals surface area contributed by atoms with E-state index in [1.165, 1.54) is 0 Å². The van der Waals surface area contributed by atoms with Crippen LogP contribution in [-0.2, 0) is 19.1 Å². The van der Waals surface area contributed by atoms with E-state index in [1.807, 2.05) is 0 Å². The largest absolute Gasteiger partial charge is 0.466 e. The van der Waals surface area contributed by atoms with Gasteiger partial charge in [0.25, 0.3) is 0 Å². The lowest BCUT2D eigenvalue weighted by atomic mass is 10.1. The second-order valence-corrected chi connectivity index (χ2v) is 5.86. The molecule has 0 heterocycles. The van der Waals surface area contributed by atoms with Crippen molar-refractivity contribution in [3.05, 3.63) is 0 Å².